The molecular formula is C23H36N2O2. The van der Waals surface area contributed by atoms with Crippen LogP contribution in [0.25, 0.3) is 0 Å². The number of hydrogen-bond acceptors (Lipinski definition) is 4. The molecule has 0 saturated heterocycles. The monoisotopic (exact) mass is 372 g/mol. The number of oxime groups is 1. The lowest BCUT2D eigenvalue weighted by Gasteiger charge is -2.57. The molecule has 0 radical (unpaired) electrons. The molecule has 0 amide bonds. The Labute approximate surface area is 164 Å². The molecule has 0 heterocycles. The summed E-state index contributed by atoms with van der Waals surface area (Å²) in [6.07, 6.45) is 12.3. The summed E-state index contributed by atoms with van der Waals surface area (Å²) < 4.78 is 0. The summed E-state index contributed by atoms with van der Waals surface area (Å²) in [6.45, 7) is 9.18. The molecular weight excluding hydrogens is 336 g/mol. The van der Waals surface area contributed by atoms with Crippen molar-refractivity contribution in [2.75, 3.05) is 6.54 Å². The van der Waals surface area contributed by atoms with Gasteiger partial charge in [-0.1, -0.05) is 31.2 Å². The average molecular weight is 373 g/mol. The highest BCUT2D eigenvalue weighted by Gasteiger charge is 2.58. The van der Waals surface area contributed by atoms with E-state index in [1.807, 2.05) is 13.8 Å². The van der Waals surface area contributed by atoms with Crippen LogP contribution < -0.4 is 5.73 Å². The van der Waals surface area contributed by atoms with E-state index in [2.05, 4.69) is 31.2 Å². The topological polar surface area (TPSA) is 64.7 Å². The molecule has 4 nitrogen and oxygen atoms in total. The Bertz CT molecular complexity index is 682. The lowest BCUT2D eigenvalue weighted by molar-refractivity contribution is -0.131. The molecule has 0 aliphatic heterocycles. The molecule has 3 fully saturated rings. The number of allylic oxidation sites excluding steroid dienone is 2. The van der Waals surface area contributed by atoms with Crippen LogP contribution in [0.4, 0.5) is 0 Å². The van der Waals surface area contributed by atoms with Gasteiger partial charge >= 0.3 is 0 Å². The Morgan fingerprint density at radius 2 is 1.96 bits per heavy atom. The Balaban J connectivity index is 1.54. The minimum Gasteiger partial charge on any atom is -0.389 e. The predicted molar refractivity (Wildman–Crippen MR) is 108 cm³/mol. The maximum Gasteiger partial charge on any atom is 0.144 e. The molecule has 3 saturated carbocycles. The van der Waals surface area contributed by atoms with Crippen LogP contribution in [0.5, 0.6) is 0 Å². The molecule has 150 valence electrons. The molecule has 27 heavy (non-hydrogen) atoms. The Kier molecular flexibility index (Phi) is 4.57. The molecule has 4 heteroatoms. The molecule has 4 aliphatic carbocycles. The Hall–Kier alpha value is -1.16. The van der Waals surface area contributed by atoms with Crippen molar-refractivity contribution in [3.05, 3.63) is 12.2 Å². The van der Waals surface area contributed by atoms with Gasteiger partial charge in [0.25, 0.3) is 0 Å². The first-order valence-electron chi connectivity index (χ1n) is 10.9. The summed E-state index contributed by atoms with van der Waals surface area (Å²) >= 11 is 0. The fourth-order valence-electron chi connectivity index (χ4n) is 6.51. The van der Waals surface area contributed by atoms with Crippen molar-refractivity contribution in [2.24, 2.45) is 45.4 Å². The molecule has 4 unspecified atom stereocenters. The van der Waals surface area contributed by atoms with Crippen molar-refractivity contribution in [1.82, 2.24) is 0 Å². The summed E-state index contributed by atoms with van der Waals surface area (Å²) in [5.74, 6) is 2.91. The second-order valence-electron chi connectivity index (χ2n) is 10.6. The zero-order chi connectivity index (χ0) is 19.4. The van der Waals surface area contributed by atoms with E-state index in [0.29, 0.717) is 41.4 Å². The maximum absolute atomic E-state index is 12.5. The van der Waals surface area contributed by atoms with Crippen LogP contribution >= 0.6 is 0 Å². The normalized spacial score (nSPS) is 45.4. The van der Waals surface area contributed by atoms with E-state index >= 15 is 0 Å². The first-order chi connectivity index (χ1) is 12.7. The van der Waals surface area contributed by atoms with E-state index in [4.69, 9.17) is 10.6 Å². The molecule has 0 aromatic rings. The van der Waals surface area contributed by atoms with Crippen LogP contribution in [0.2, 0.25) is 0 Å². The van der Waals surface area contributed by atoms with Gasteiger partial charge in [0.1, 0.15) is 11.4 Å². The molecule has 2 N–H and O–H groups in total. The second-order valence-corrected chi connectivity index (χ2v) is 10.6. The van der Waals surface area contributed by atoms with Gasteiger partial charge in [-0.3, -0.25) is 4.79 Å². The van der Waals surface area contributed by atoms with E-state index in [9.17, 15) is 4.79 Å². The van der Waals surface area contributed by atoms with Gasteiger partial charge in [0.05, 0.1) is 5.71 Å². The van der Waals surface area contributed by atoms with E-state index in [1.54, 1.807) is 0 Å². The van der Waals surface area contributed by atoms with Gasteiger partial charge in [-0.25, -0.2) is 0 Å². The zero-order valence-electron chi connectivity index (χ0n) is 17.5. The van der Waals surface area contributed by atoms with E-state index in [0.717, 1.165) is 32.1 Å². The van der Waals surface area contributed by atoms with Crippen LogP contribution in [0.1, 0.15) is 72.6 Å². The van der Waals surface area contributed by atoms with Crippen LogP contribution in [-0.4, -0.2) is 23.6 Å². The van der Waals surface area contributed by atoms with Crippen molar-refractivity contribution in [3.8, 4) is 0 Å². The smallest absolute Gasteiger partial charge is 0.144 e. The largest absolute Gasteiger partial charge is 0.389 e. The first kappa shape index (κ1) is 19.2. The van der Waals surface area contributed by atoms with Crippen molar-refractivity contribution >= 4 is 11.5 Å². The van der Waals surface area contributed by atoms with Crippen LogP contribution in [0, 0.1) is 34.5 Å². The zero-order valence-corrected chi connectivity index (χ0v) is 17.5. The number of ketones is 1. The standard InChI is InChI=1S/C23H36N2O2/c1-21(2,14-24)27-25-16-9-11-22(3)15(13-16)5-6-17-18-7-8-20(26)23(18,4)12-10-19(17)22/h5-6,15,17-19H,7-14,24H2,1-4H3/b25-16-/t15?,17?,18?,19?,22-,23-/m0/s1. The molecule has 0 aromatic carbocycles. The number of fused-ring (bicyclic) bond motifs is 5. The minimum absolute atomic E-state index is 0.0579. The lowest BCUT2D eigenvalue weighted by Crippen LogP contribution is -2.51. The molecule has 4 aliphatic rings. The summed E-state index contributed by atoms with van der Waals surface area (Å²) in [5.41, 5.74) is 6.81. The number of nitrogens with zero attached hydrogens (tertiary/aromatic N) is 1. The van der Waals surface area contributed by atoms with Gasteiger partial charge in [0.2, 0.25) is 0 Å². The summed E-state index contributed by atoms with van der Waals surface area (Å²) in [6, 6.07) is 0. The SMILES string of the molecule is CC(C)(CN)O/N=C1/CC[C@@]2(C)C(C=CC3C2CC[C@]2(C)C(=O)CCC32)C1. The maximum atomic E-state index is 12.5. The third-order valence-corrected chi connectivity index (χ3v) is 8.62. The van der Waals surface area contributed by atoms with Gasteiger partial charge in [-0.2, -0.15) is 0 Å². The second kappa shape index (κ2) is 6.43. The van der Waals surface area contributed by atoms with Crippen molar-refractivity contribution in [3.63, 3.8) is 0 Å². The highest BCUT2D eigenvalue weighted by molar-refractivity contribution is 5.87. The Morgan fingerprint density at radius 1 is 1.19 bits per heavy atom. The van der Waals surface area contributed by atoms with E-state index in [-0.39, 0.29) is 5.41 Å². The summed E-state index contributed by atoms with van der Waals surface area (Å²) in [4.78, 5) is 18.2. The Morgan fingerprint density at radius 3 is 2.70 bits per heavy atom. The average Bonchev–Trinajstić information content (AvgIpc) is 2.95. The molecule has 0 bridgehead atoms. The molecule has 4 rings (SSSR count). The minimum atomic E-state index is -0.399. The van der Waals surface area contributed by atoms with Crippen LogP contribution in [0.3, 0.4) is 0 Å². The number of Topliss-reactive ketones (excluding diaryl/α,β-unsaturated/α-hetero) is 1. The fourth-order valence-corrected chi connectivity index (χ4v) is 6.51. The number of carbonyl (C=O) groups is 1. The molecule has 0 aromatic heterocycles. The fraction of sp³-hybridized carbons (Fsp3) is 0.826. The third kappa shape index (κ3) is 2.99. The van der Waals surface area contributed by atoms with Crippen molar-refractivity contribution in [2.45, 2.75) is 78.2 Å². The summed E-state index contributed by atoms with van der Waals surface area (Å²) in [5, 5.41) is 4.48. The van der Waals surface area contributed by atoms with E-state index < -0.39 is 5.60 Å². The van der Waals surface area contributed by atoms with Crippen molar-refractivity contribution in [1.29, 1.82) is 0 Å². The molecule has 0 spiro atoms. The lowest BCUT2D eigenvalue weighted by atomic mass is 9.47. The van der Waals surface area contributed by atoms with Crippen molar-refractivity contribution < 1.29 is 9.63 Å². The van der Waals surface area contributed by atoms with Gasteiger partial charge in [-0.15, -0.1) is 0 Å². The first-order valence-corrected chi connectivity index (χ1v) is 10.9. The highest BCUT2D eigenvalue weighted by atomic mass is 16.6. The van der Waals surface area contributed by atoms with Gasteiger partial charge in [-0.05, 0) is 81.5 Å². The van der Waals surface area contributed by atoms with Gasteiger partial charge < -0.3 is 10.6 Å². The van der Waals surface area contributed by atoms with Crippen LogP contribution in [-0.2, 0) is 9.63 Å². The number of carbonyl (C=O) groups excluding carboxylic acids is 1. The van der Waals surface area contributed by atoms with E-state index in [1.165, 1.54) is 18.6 Å². The highest BCUT2D eigenvalue weighted by Crippen LogP contribution is 2.63. The number of rotatable bonds is 3. The summed E-state index contributed by atoms with van der Waals surface area (Å²) in [7, 11) is 0. The number of nitrogens with two attached hydrogens (primary N) is 1. The van der Waals surface area contributed by atoms with Gasteiger partial charge in [0, 0.05) is 18.4 Å². The van der Waals surface area contributed by atoms with Gasteiger partial charge in [0.15, 0.2) is 0 Å². The van der Waals surface area contributed by atoms with Crippen LogP contribution in [0.15, 0.2) is 17.3 Å². The quantitative estimate of drug-likeness (QED) is 0.586. The number of hydrogen-bond donors (Lipinski definition) is 1. The third-order valence-electron chi connectivity index (χ3n) is 8.62. The predicted octanol–water partition coefficient (Wildman–Crippen LogP) is 4.48. The molecule has 6 atom stereocenters.